The van der Waals surface area contributed by atoms with Crippen molar-refractivity contribution in [3.63, 3.8) is 0 Å². The molecule has 1 aliphatic rings. The van der Waals surface area contributed by atoms with E-state index in [9.17, 15) is 9.59 Å². The molecule has 1 aromatic carbocycles. The third kappa shape index (κ3) is 4.56. The highest BCUT2D eigenvalue weighted by atomic mass is 32.1. The molecule has 1 aliphatic heterocycles. The van der Waals surface area contributed by atoms with E-state index >= 15 is 0 Å². The molecule has 0 fully saturated rings. The molecule has 31 heavy (non-hydrogen) atoms. The molecule has 0 radical (unpaired) electrons. The van der Waals surface area contributed by atoms with Gasteiger partial charge in [-0.2, -0.15) is 0 Å². The van der Waals surface area contributed by atoms with Crippen molar-refractivity contribution in [2.24, 2.45) is 0 Å². The summed E-state index contributed by atoms with van der Waals surface area (Å²) in [7, 11) is 3.10. The quantitative estimate of drug-likeness (QED) is 0.626. The molecule has 4 rings (SSSR count). The van der Waals surface area contributed by atoms with Gasteiger partial charge in [0.2, 0.25) is 0 Å². The number of anilines is 2. The fraction of sp³-hybridized carbons (Fsp3) is 0.250. The molecule has 0 unspecified atom stereocenters. The number of hydrogen-bond acceptors (Lipinski definition) is 8. The number of carbonyl (C=O) groups excluding carboxylic acids is 2. The number of benzene rings is 1. The number of hydrogen-bond donors (Lipinski definition) is 2. The van der Waals surface area contributed by atoms with Crippen molar-refractivity contribution in [3.05, 3.63) is 53.1 Å². The van der Waals surface area contributed by atoms with Crippen LogP contribution < -0.4 is 20.1 Å². The number of thiazole rings is 1. The largest absolute Gasteiger partial charge is 0.493 e. The van der Waals surface area contributed by atoms with Gasteiger partial charge in [0, 0.05) is 42.0 Å². The molecule has 0 spiro atoms. The zero-order valence-electron chi connectivity index (χ0n) is 16.9. The van der Waals surface area contributed by atoms with Crippen LogP contribution in [0.5, 0.6) is 11.5 Å². The van der Waals surface area contributed by atoms with Gasteiger partial charge in [0.25, 0.3) is 5.91 Å². The van der Waals surface area contributed by atoms with Crippen LogP contribution in [0.2, 0.25) is 0 Å². The molecule has 2 aromatic heterocycles. The zero-order chi connectivity index (χ0) is 21.8. The maximum Gasteiger partial charge on any atom is 0.322 e. The lowest BCUT2D eigenvalue weighted by molar-refractivity contribution is 0.102. The maximum atomic E-state index is 12.7. The summed E-state index contributed by atoms with van der Waals surface area (Å²) in [5.74, 6) is 0.748. The predicted octanol–water partition coefficient (Wildman–Crippen LogP) is 2.79. The Morgan fingerprint density at radius 3 is 2.71 bits per heavy atom. The highest BCUT2D eigenvalue weighted by Crippen LogP contribution is 2.31. The van der Waals surface area contributed by atoms with E-state index in [0.717, 1.165) is 10.6 Å². The second kappa shape index (κ2) is 8.96. The first-order chi connectivity index (χ1) is 15.1. The van der Waals surface area contributed by atoms with Crippen LogP contribution in [0.15, 0.2) is 36.8 Å². The monoisotopic (exact) mass is 440 g/mol. The Labute approximate surface area is 182 Å². The van der Waals surface area contributed by atoms with Crippen LogP contribution in [-0.4, -0.2) is 52.6 Å². The van der Waals surface area contributed by atoms with Crippen molar-refractivity contribution < 1.29 is 19.1 Å². The first kappa shape index (κ1) is 20.5. The molecule has 0 saturated heterocycles. The number of rotatable bonds is 5. The van der Waals surface area contributed by atoms with Gasteiger partial charge in [0.05, 0.1) is 32.7 Å². The number of amides is 3. The Hall–Kier alpha value is -3.73. The van der Waals surface area contributed by atoms with E-state index in [1.54, 1.807) is 37.3 Å². The number of nitrogens with one attached hydrogen (secondary N) is 2. The van der Waals surface area contributed by atoms with E-state index in [4.69, 9.17) is 9.47 Å². The average Bonchev–Trinajstić information content (AvgIpc) is 3.20. The van der Waals surface area contributed by atoms with Crippen LogP contribution in [0.4, 0.5) is 15.6 Å². The lowest BCUT2D eigenvalue weighted by Crippen LogP contribution is -2.38. The second-order valence-electron chi connectivity index (χ2n) is 6.61. The number of aromatic nitrogens is 3. The highest BCUT2D eigenvalue weighted by molar-refractivity contribution is 7.15. The van der Waals surface area contributed by atoms with Crippen LogP contribution in [0.25, 0.3) is 0 Å². The van der Waals surface area contributed by atoms with Gasteiger partial charge in [-0.05, 0) is 12.1 Å². The molecule has 2 N–H and O–H groups in total. The average molecular weight is 440 g/mol. The van der Waals surface area contributed by atoms with E-state index in [-0.39, 0.29) is 17.6 Å². The fourth-order valence-corrected chi connectivity index (χ4v) is 4.14. The maximum absolute atomic E-state index is 12.7. The first-order valence-electron chi connectivity index (χ1n) is 9.41. The van der Waals surface area contributed by atoms with Crippen molar-refractivity contribution in [1.29, 1.82) is 0 Å². The van der Waals surface area contributed by atoms with Crippen molar-refractivity contribution in [2.45, 2.75) is 13.0 Å². The summed E-state index contributed by atoms with van der Waals surface area (Å²) in [6.45, 7) is 0.931. The topological polar surface area (TPSA) is 119 Å². The van der Waals surface area contributed by atoms with Gasteiger partial charge in [-0.1, -0.05) is 11.3 Å². The van der Waals surface area contributed by atoms with E-state index in [2.05, 4.69) is 25.6 Å². The summed E-state index contributed by atoms with van der Waals surface area (Å²) in [6, 6.07) is 4.97. The molecule has 0 saturated carbocycles. The smallest absolute Gasteiger partial charge is 0.322 e. The number of ether oxygens (including phenoxy) is 2. The SMILES string of the molecule is COc1ccc(NC(=O)N2CCc3nc(NC(=O)c4cnccn4)sc3C2)cc1OC. The van der Waals surface area contributed by atoms with E-state index in [1.165, 1.54) is 29.9 Å². The van der Waals surface area contributed by atoms with Crippen LogP contribution >= 0.6 is 11.3 Å². The Balaban J connectivity index is 1.41. The number of methoxy groups -OCH3 is 2. The molecule has 10 nitrogen and oxygen atoms in total. The fourth-order valence-electron chi connectivity index (χ4n) is 3.12. The highest BCUT2D eigenvalue weighted by Gasteiger charge is 2.25. The first-order valence-corrected chi connectivity index (χ1v) is 10.2. The Bertz CT molecular complexity index is 1100. The molecule has 3 aromatic rings. The van der Waals surface area contributed by atoms with Crippen LogP contribution in [0, 0.1) is 0 Å². The van der Waals surface area contributed by atoms with Crippen molar-refractivity contribution in [1.82, 2.24) is 19.9 Å². The molecule has 0 bridgehead atoms. The number of nitrogens with zero attached hydrogens (tertiary/aromatic N) is 4. The van der Waals surface area contributed by atoms with Crippen molar-refractivity contribution >= 4 is 34.1 Å². The minimum atomic E-state index is -0.373. The number of carbonyl (C=O) groups is 2. The van der Waals surface area contributed by atoms with Gasteiger partial charge in [0.1, 0.15) is 5.69 Å². The summed E-state index contributed by atoms with van der Waals surface area (Å²) < 4.78 is 10.5. The Morgan fingerprint density at radius 1 is 1.13 bits per heavy atom. The lowest BCUT2D eigenvalue weighted by atomic mass is 10.2. The Morgan fingerprint density at radius 2 is 1.97 bits per heavy atom. The summed E-state index contributed by atoms with van der Waals surface area (Å²) in [5.41, 5.74) is 1.70. The summed E-state index contributed by atoms with van der Waals surface area (Å²) in [5, 5.41) is 6.10. The molecule has 11 heteroatoms. The van der Waals surface area contributed by atoms with Gasteiger partial charge >= 0.3 is 6.03 Å². The minimum absolute atomic E-state index is 0.214. The van der Waals surface area contributed by atoms with Crippen molar-refractivity contribution in [2.75, 3.05) is 31.4 Å². The summed E-state index contributed by atoms with van der Waals surface area (Å²) in [6.07, 6.45) is 4.95. The molecule has 3 heterocycles. The van der Waals surface area contributed by atoms with Gasteiger partial charge in [-0.3, -0.25) is 15.1 Å². The number of fused-ring (bicyclic) bond motifs is 1. The Kier molecular flexibility index (Phi) is 5.94. The molecular formula is C20H20N6O4S. The second-order valence-corrected chi connectivity index (χ2v) is 7.69. The molecule has 160 valence electrons. The molecular weight excluding hydrogens is 420 g/mol. The third-order valence-corrected chi connectivity index (χ3v) is 5.67. The summed E-state index contributed by atoms with van der Waals surface area (Å²) >= 11 is 1.35. The van der Waals surface area contributed by atoms with Gasteiger partial charge in [0.15, 0.2) is 16.6 Å². The van der Waals surface area contributed by atoms with Gasteiger partial charge in [-0.25, -0.2) is 14.8 Å². The zero-order valence-corrected chi connectivity index (χ0v) is 17.7. The van der Waals surface area contributed by atoms with E-state index in [0.29, 0.717) is 41.8 Å². The molecule has 0 aliphatic carbocycles. The lowest BCUT2D eigenvalue weighted by Gasteiger charge is -2.26. The van der Waals surface area contributed by atoms with Crippen LogP contribution in [0.3, 0.4) is 0 Å². The van der Waals surface area contributed by atoms with E-state index in [1.807, 2.05) is 0 Å². The van der Waals surface area contributed by atoms with Gasteiger partial charge in [-0.15, -0.1) is 0 Å². The number of urea groups is 1. The van der Waals surface area contributed by atoms with Gasteiger partial charge < -0.3 is 19.7 Å². The minimum Gasteiger partial charge on any atom is -0.493 e. The van der Waals surface area contributed by atoms with Crippen LogP contribution in [0.1, 0.15) is 21.1 Å². The molecule has 0 atom stereocenters. The normalized spacial score (nSPS) is 12.6. The molecule has 3 amide bonds. The van der Waals surface area contributed by atoms with E-state index < -0.39 is 0 Å². The standard InChI is InChI=1S/C20H20N6O4S/c1-29-15-4-3-12(9-16(15)30-2)23-20(28)26-8-5-13-17(11-26)31-19(24-13)25-18(27)14-10-21-6-7-22-14/h3-4,6-7,9-10H,5,8,11H2,1-2H3,(H,23,28)(H,24,25,27). The summed E-state index contributed by atoms with van der Waals surface area (Å²) in [4.78, 5) is 40.0. The predicted molar refractivity (Wildman–Crippen MR) is 115 cm³/mol. The van der Waals surface area contributed by atoms with Crippen LogP contribution in [-0.2, 0) is 13.0 Å². The third-order valence-electron chi connectivity index (χ3n) is 4.67. The van der Waals surface area contributed by atoms with Crippen molar-refractivity contribution in [3.8, 4) is 11.5 Å².